The Morgan fingerprint density at radius 2 is 2.00 bits per heavy atom. The molecule has 1 rings (SSSR count). The third-order valence-corrected chi connectivity index (χ3v) is 3.17. The minimum atomic E-state index is 0.0656. The molecule has 0 saturated carbocycles. The molecule has 0 radical (unpaired) electrons. The lowest BCUT2D eigenvalue weighted by Gasteiger charge is -2.17. The van der Waals surface area contributed by atoms with Crippen LogP contribution >= 0.6 is 0 Å². The molecule has 1 aromatic carbocycles. The summed E-state index contributed by atoms with van der Waals surface area (Å²) in [5.74, 6) is 5.56. The summed E-state index contributed by atoms with van der Waals surface area (Å²) in [7, 11) is 0. The van der Waals surface area contributed by atoms with E-state index in [1.54, 1.807) is 0 Å². The SMILES string of the molecule is CCCc1cc(NC(=O)CCC(C)(C)C)ccc1NN. The minimum absolute atomic E-state index is 0.0656. The molecule has 4 heteroatoms. The Morgan fingerprint density at radius 3 is 2.55 bits per heavy atom. The molecular weight excluding hydrogens is 250 g/mol. The summed E-state index contributed by atoms with van der Waals surface area (Å²) in [5, 5.41) is 2.96. The van der Waals surface area contributed by atoms with Gasteiger partial charge in [0.15, 0.2) is 0 Å². The van der Waals surface area contributed by atoms with Gasteiger partial charge in [0.1, 0.15) is 0 Å². The number of carbonyl (C=O) groups is 1. The molecule has 20 heavy (non-hydrogen) atoms. The van der Waals surface area contributed by atoms with Crippen LogP contribution in [0.3, 0.4) is 0 Å². The van der Waals surface area contributed by atoms with E-state index in [9.17, 15) is 4.79 Å². The van der Waals surface area contributed by atoms with E-state index in [1.165, 1.54) is 0 Å². The van der Waals surface area contributed by atoms with E-state index in [0.717, 1.165) is 36.2 Å². The van der Waals surface area contributed by atoms with Gasteiger partial charge >= 0.3 is 0 Å². The maximum atomic E-state index is 11.9. The molecule has 0 spiro atoms. The van der Waals surface area contributed by atoms with Crippen LogP contribution in [0.25, 0.3) is 0 Å². The molecule has 4 nitrogen and oxygen atoms in total. The van der Waals surface area contributed by atoms with E-state index in [1.807, 2.05) is 18.2 Å². The Labute approximate surface area is 122 Å². The van der Waals surface area contributed by atoms with Crippen LogP contribution in [-0.2, 0) is 11.2 Å². The van der Waals surface area contributed by atoms with Gasteiger partial charge in [0, 0.05) is 12.1 Å². The number of amides is 1. The highest BCUT2D eigenvalue weighted by Crippen LogP contribution is 2.23. The summed E-state index contributed by atoms with van der Waals surface area (Å²) >= 11 is 0. The van der Waals surface area contributed by atoms with Gasteiger partial charge in [0.2, 0.25) is 5.91 Å². The van der Waals surface area contributed by atoms with Crippen LogP contribution < -0.4 is 16.6 Å². The molecule has 0 unspecified atom stereocenters. The van der Waals surface area contributed by atoms with Crippen molar-refractivity contribution in [2.24, 2.45) is 11.3 Å². The van der Waals surface area contributed by atoms with Gasteiger partial charge in [0.25, 0.3) is 0 Å². The number of hydrazine groups is 1. The minimum Gasteiger partial charge on any atom is -0.326 e. The monoisotopic (exact) mass is 277 g/mol. The normalized spacial score (nSPS) is 11.2. The van der Waals surface area contributed by atoms with Crippen molar-refractivity contribution in [2.75, 3.05) is 10.7 Å². The average Bonchev–Trinajstić information content (AvgIpc) is 2.36. The first kappa shape index (κ1) is 16.5. The second-order valence-electron chi connectivity index (χ2n) is 6.38. The van der Waals surface area contributed by atoms with Crippen LogP contribution in [0.5, 0.6) is 0 Å². The van der Waals surface area contributed by atoms with Crippen LogP contribution in [0, 0.1) is 5.41 Å². The standard InChI is InChI=1S/C16H27N3O/c1-5-6-12-11-13(7-8-14(12)19-17)18-15(20)9-10-16(2,3)4/h7-8,11,19H,5-6,9-10,17H2,1-4H3,(H,18,20). The second kappa shape index (κ2) is 7.29. The maximum Gasteiger partial charge on any atom is 0.224 e. The summed E-state index contributed by atoms with van der Waals surface area (Å²) in [4.78, 5) is 11.9. The Hall–Kier alpha value is -1.55. The predicted molar refractivity (Wildman–Crippen MR) is 85.6 cm³/mol. The number of rotatable bonds is 6. The van der Waals surface area contributed by atoms with Crippen molar-refractivity contribution in [1.82, 2.24) is 0 Å². The van der Waals surface area contributed by atoms with Crippen molar-refractivity contribution in [3.05, 3.63) is 23.8 Å². The Balaban J connectivity index is 2.68. The summed E-state index contributed by atoms with van der Waals surface area (Å²) in [5.41, 5.74) is 5.76. The summed E-state index contributed by atoms with van der Waals surface area (Å²) in [6.07, 6.45) is 3.40. The van der Waals surface area contributed by atoms with Gasteiger partial charge in [-0.25, -0.2) is 0 Å². The van der Waals surface area contributed by atoms with E-state index >= 15 is 0 Å². The highest BCUT2D eigenvalue weighted by atomic mass is 16.1. The van der Waals surface area contributed by atoms with Crippen molar-refractivity contribution in [3.8, 4) is 0 Å². The molecule has 1 aromatic rings. The number of anilines is 2. The summed E-state index contributed by atoms with van der Waals surface area (Å²) in [6.45, 7) is 8.54. The van der Waals surface area contributed by atoms with Crippen molar-refractivity contribution < 1.29 is 4.79 Å². The lowest BCUT2D eigenvalue weighted by atomic mass is 9.90. The lowest BCUT2D eigenvalue weighted by Crippen LogP contribution is -2.16. The van der Waals surface area contributed by atoms with Crippen LogP contribution in [0.1, 0.15) is 52.5 Å². The van der Waals surface area contributed by atoms with Crippen LogP contribution in [-0.4, -0.2) is 5.91 Å². The van der Waals surface area contributed by atoms with Gasteiger partial charge in [-0.2, -0.15) is 0 Å². The van der Waals surface area contributed by atoms with Crippen LogP contribution in [0.4, 0.5) is 11.4 Å². The largest absolute Gasteiger partial charge is 0.326 e. The molecule has 112 valence electrons. The highest BCUT2D eigenvalue weighted by Gasteiger charge is 2.13. The zero-order chi connectivity index (χ0) is 15.2. The zero-order valence-corrected chi connectivity index (χ0v) is 13.0. The van der Waals surface area contributed by atoms with Gasteiger partial charge < -0.3 is 10.7 Å². The smallest absolute Gasteiger partial charge is 0.224 e. The molecule has 1 amide bonds. The molecule has 0 heterocycles. The van der Waals surface area contributed by atoms with Gasteiger partial charge in [0.05, 0.1) is 5.69 Å². The Kier molecular flexibility index (Phi) is 6.02. The van der Waals surface area contributed by atoms with E-state index in [-0.39, 0.29) is 11.3 Å². The van der Waals surface area contributed by atoms with E-state index in [0.29, 0.717) is 6.42 Å². The average molecular weight is 277 g/mol. The first-order chi connectivity index (χ1) is 9.35. The fourth-order valence-electron chi connectivity index (χ4n) is 2.00. The predicted octanol–water partition coefficient (Wildman–Crippen LogP) is 3.69. The molecule has 4 N–H and O–H groups in total. The molecule has 0 saturated heterocycles. The topological polar surface area (TPSA) is 67.2 Å². The number of aryl methyl sites for hydroxylation is 1. The van der Waals surface area contributed by atoms with E-state index in [2.05, 4.69) is 38.4 Å². The van der Waals surface area contributed by atoms with E-state index < -0.39 is 0 Å². The summed E-state index contributed by atoms with van der Waals surface area (Å²) in [6, 6.07) is 5.78. The Bertz CT molecular complexity index is 450. The molecule has 0 aliphatic rings. The van der Waals surface area contributed by atoms with Crippen molar-refractivity contribution >= 4 is 17.3 Å². The number of nitrogens with one attached hydrogen (secondary N) is 2. The van der Waals surface area contributed by atoms with Gasteiger partial charge in [-0.3, -0.25) is 10.6 Å². The molecular formula is C16H27N3O. The first-order valence-corrected chi connectivity index (χ1v) is 7.25. The Morgan fingerprint density at radius 1 is 1.30 bits per heavy atom. The van der Waals surface area contributed by atoms with Crippen LogP contribution in [0.15, 0.2) is 18.2 Å². The van der Waals surface area contributed by atoms with E-state index in [4.69, 9.17) is 5.84 Å². The number of carbonyl (C=O) groups excluding carboxylic acids is 1. The molecule has 0 atom stereocenters. The van der Waals surface area contributed by atoms with Crippen molar-refractivity contribution in [1.29, 1.82) is 0 Å². The molecule has 0 bridgehead atoms. The number of nitrogen functional groups attached to an aromatic ring is 1. The fourth-order valence-corrected chi connectivity index (χ4v) is 2.00. The summed E-state index contributed by atoms with van der Waals surface area (Å²) < 4.78 is 0. The highest BCUT2D eigenvalue weighted by molar-refractivity contribution is 5.91. The maximum absolute atomic E-state index is 11.9. The molecule has 0 aromatic heterocycles. The third-order valence-electron chi connectivity index (χ3n) is 3.17. The van der Waals surface area contributed by atoms with Gasteiger partial charge in [-0.05, 0) is 42.0 Å². The van der Waals surface area contributed by atoms with Gasteiger partial charge in [-0.1, -0.05) is 34.1 Å². The number of nitrogens with two attached hydrogens (primary N) is 1. The molecule has 0 aliphatic heterocycles. The quantitative estimate of drug-likeness (QED) is 0.549. The second-order valence-corrected chi connectivity index (χ2v) is 6.38. The number of hydrogen-bond donors (Lipinski definition) is 3. The van der Waals surface area contributed by atoms with Crippen LogP contribution in [0.2, 0.25) is 0 Å². The third kappa shape index (κ3) is 5.61. The first-order valence-electron chi connectivity index (χ1n) is 7.25. The van der Waals surface area contributed by atoms with Crippen molar-refractivity contribution in [2.45, 2.75) is 53.4 Å². The van der Waals surface area contributed by atoms with Crippen molar-refractivity contribution in [3.63, 3.8) is 0 Å². The zero-order valence-electron chi connectivity index (χ0n) is 13.0. The fraction of sp³-hybridized carbons (Fsp3) is 0.562. The lowest BCUT2D eigenvalue weighted by molar-refractivity contribution is -0.116. The van der Waals surface area contributed by atoms with Gasteiger partial charge in [-0.15, -0.1) is 0 Å². The molecule has 0 aliphatic carbocycles. The molecule has 0 fully saturated rings. The number of hydrogen-bond acceptors (Lipinski definition) is 3. The number of benzene rings is 1.